The minimum absolute atomic E-state index is 0.118. The Morgan fingerprint density at radius 1 is 1.62 bits per heavy atom. The molecule has 1 aromatic heterocycles. The summed E-state index contributed by atoms with van der Waals surface area (Å²) in [5.41, 5.74) is 5.58. The summed E-state index contributed by atoms with van der Waals surface area (Å²) in [6, 6.07) is 1.59. The fraction of sp³-hybridized carbons (Fsp3) is 0.538. The SMILES string of the molecule is CCN(c1ncc(C(N)=NO)cc1[N+](=O)[O-])C1CCCC1. The van der Waals surface area contributed by atoms with E-state index in [1.807, 2.05) is 11.8 Å². The van der Waals surface area contributed by atoms with Gasteiger partial charge < -0.3 is 15.8 Å². The third kappa shape index (κ3) is 3.04. The summed E-state index contributed by atoms with van der Waals surface area (Å²) < 4.78 is 0. The molecule has 1 saturated carbocycles. The fourth-order valence-corrected chi connectivity index (χ4v) is 2.80. The van der Waals surface area contributed by atoms with Gasteiger partial charge in [-0.2, -0.15) is 0 Å². The molecule has 1 heterocycles. The van der Waals surface area contributed by atoms with E-state index in [2.05, 4.69) is 10.1 Å². The Morgan fingerprint density at radius 3 is 2.81 bits per heavy atom. The summed E-state index contributed by atoms with van der Waals surface area (Å²) >= 11 is 0. The molecule has 2 rings (SSSR count). The molecular weight excluding hydrogens is 274 g/mol. The van der Waals surface area contributed by atoms with Gasteiger partial charge in [-0.1, -0.05) is 18.0 Å². The first-order chi connectivity index (χ1) is 10.1. The minimum Gasteiger partial charge on any atom is -0.409 e. The summed E-state index contributed by atoms with van der Waals surface area (Å²) in [6.45, 7) is 2.61. The van der Waals surface area contributed by atoms with Crippen LogP contribution in [0.4, 0.5) is 11.5 Å². The highest BCUT2D eigenvalue weighted by Crippen LogP contribution is 2.32. The smallest absolute Gasteiger partial charge is 0.312 e. The van der Waals surface area contributed by atoms with Crippen LogP contribution in [0.3, 0.4) is 0 Å². The van der Waals surface area contributed by atoms with Crippen LogP contribution in [0.25, 0.3) is 0 Å². The van der Waals surface area contributed by atoms with E-state index in [1.165, 1.54) is 12.3 Å². The number of rotatable bonds is 5. The zero-order valence-corrected chi connectivity index (χ0v) is 11.9. The molecule has 1 aromatic rings. The van der Waals surface area contributed by atoms with Crippen LogP contribution >= 0.6 is 0 Å². The van der Waals surface area contributed by atoms with Crippen molar-refractivity contribution in [3.05, 3.63) is 27.9 Å². The van der Waals surface area contributed by atoms with Crippen LogP contribution in [-0.4, -0.2) is 33.5 Å². The van der Waals surface area contributed by atoms with Crippen molar-refractivity contribution >= 4 is 17.3 Å². The molecule has 0 aromatic carbocycles. The predicted molar refractivity (Wildman–Crippen MR) is 78.7 cm³/mol. The number of oxime groups is 1. The molecule has 1 fully saturated rings. The Bertz CT molecular complexity index is 555. The molecule has 8 heteroatoms. The van der Waals surface area contributed by atoms with Crippen LogP contribution in [0.2, 0.25) is 0 Å². The highest BCUT2D eigenvalue weighted by Gasteiger charge is 2.28. The molecule has 21 heavy (non-hydrogen) atoms. The lowest BCUT2D eigenvalue weighted by molar-refractivity contribution is -0.384. The second-order valence-corrected chi connectivity index (χ2v) is 5.03. The highest BCUT2D eigenvalue weighted by atomic mass is 16.6. The zero-order valence-electron chi connectivity index (χ0n) is 11.9. The predicted octanol–water partition coefficient (Wildman–Crippen LogP) is 1.85. The number of pyridine rings is 1. The molecule has 0 atom stereocenters. The van der Waals surface area contributed by atoms with Crippen LogP contribution in [0.5, 0.6) is 0 Å². The Labute approximate surface area is 122 Å². The maximum Gasteiger partial charge on any atom is 0.312 e. The summed E-state index contributed by atoms with van der Waals surface area (Å²) in [6.07, 6.45) is 5.71. The monoisotopic (exact) mass is 293 g/mol. The van der Waals surface area contributed by atoms with E-state index in [-0.39, 0.29) is 23.1 Å². The molecule has 3 N–H and O–H groups in total. The van der Waals surface area contributed by atoms with Gasteiger partial charge in [0.15, 0.2) is 5.84 Å². The first-order valence-electron chi connectivity index (χ1n) is 6.97. The van der Waals surface area contributed by atoms with Gasteiger partial charge in [-0.3, -0.25) is 10.1 Å². The van der Waals surface area contributed by atoms with Gasteiger partial charge in [0.2, 0.25) is 5.82 Å². The lowest BCUT2D eigenvalue weighted by Crippen LogP contribution is -2.34. The van der Waals surface area contributed by atoms with E-state index in [0.717, 1.165) is 25.7 Å². The van der Waals surface area contributed by atoms with Crippen molar-refractivity contribution in [2.75, 3.05) is 11.4 Å². The summed E-state index contributed by atoms with van der Waals surface area (Å²) in [5.74, 6) is 0.157. The van der Waals surface area contributed by atoms with Crippen molar-refractivity contribution in [2.45, 2.75) is 38.6 Å². The molecule has 8 nitrogen and oxygen atoms in total. The van der Waals surface area contributed by atoms with Gasteiger partial charge in [0.25, 0.3) is 0 Å². The maximum atomic E-state index is 11.3. The Morgan fingerprint density at radius 2 is 2.29 bits per heavy atom. The van der Waals surface area contributed by atoms with Crippen LogP contribution in [0, 0.1) is 10.1 Å². The van der Waals surface area contributed by atoms with Crippen molar-refractivity contribution < 1.29 is 10.1 Å². The average molecular weight is 293 g/mol. The van der Waals surface area contributed by atoms with E-state index in [9.17, 15) is 10.1 Å². The van der Waals surface area contributed by atoms with Gasteiger partial charge in [0.05, 0.1) is 4.92 Å². The third-order valence-electron chi connectivity index (χ3n) is 3.83. The fourth-order valence-electron chi connectivity index (χ4n) is 2.80. The third-order valence-corrected chi connectivity index (χ3v) is 3.83. The minimum atomic E-state index is -0.478. The Balaban J connectivity index is 2.44. The van der Waals surface area contributed by atoms with E-state index in [0.29, 0.717) is 12.4 Å². The number of amidine groups is 1. The normalized spacial score (nSPS) is 16.1. The molecule has 0 unspecified atom stereocenters. The summed E-state index contributed by atoms with van der Waals surface area (Å²) in [7, 11) is 0. The second kappa shape index (κ2) is 6.38. The maximum absolute atomic E-state index is 11.3. The van der Waals surface area contributed by atoms with E-state index in [4.69, 9.17) is 10.9 Å². The van der Waals surface area contributed by atoms with Crippen molar-refractivity contribution in [3.63, 3.8) is 0 Å². The molecule has 0 aliphatic heterocycles. The van der Waals surface area contributed by atoms with Crippen LogP contribution in [-0.2, 0) is 0 Å². The second-order valence-electron chi connectivity index (χ2n) is 5.03. The number of anilines is 1. The standard InChI is InChI=1S/C13H19N5O3/c1-2-17(10-5-3-4-6-10)13-11(18(20)21)7-9(8-15-13)12(14)16-19/h7-8,10,19H,2-6H2,1H3,(H2,14,16). The highest BCUT2D eigenvalue weighted by molar-refractivity contribution is 5.97. The molecule has 0 bridgehead atoms. The number of hydrogen-bond acceptors (Lipinski definition) is 6. The molecule has 114 valence electrons. The summed E-state index contributed by atoms with van der Waals surface area (Å²) in [5, 5.41) is 22.8. The van der Waals surface area contributed by atoms with Gasteiger partial charge in [-0.25, -0.2) is 4.98 Å². The van der Waals surface area contributed by atoms with Crippen molar-refractivity contribution in [1.82, 2.24) is 4.98 Å². The Kier molecular flexibility index (Phi) is 4.56. The first kappa shape index (κ1) is 15.0. The van der Waals surface area contributed by atoms with Gasteiger partial charge >= 0.3 is 5.69 Å². The van der Waals surface area contributed by atoms with Crippen LogP contribution in [0.1, 0.15) is 38.2 Å². The van der Waals surface area contributed by atoms with Gasteiger partial charge in [0.1, 0.15) is 0 Å². The Hall–Kier alpha value is -2.38. The van der Waals surface area contributed by atoms with Crippen LogP contribution < -0.4 is 10.6 Å². The van der Waals surface area contributed by atoms with Crippen molar-refractivity contribution in [1.29, 1.82) is 0 Å². The number of nitro groups is 1. The lowest BCUT2D eigenvalue weighted by atomic mass is 10.2. The van der Waals surface area contributed by atoms with E-state index >= 15 is 0 Å². The molecular formula is C13H19N5O3. The van der Waals surface area contributed by atoms with E-state index in [1.54, 1.807) is 0 Å². The topological polar surface area (TPSA) is 118 Å². The van der Waals surface area contributed by atoms with Crippen molar-refractivity contribution in [3.8, 4) is 0 Å². The lowest BCUT2D eigenvalue weighted by Gasteiger charge is -2.28. The molecule has 0 radical (unpaired) electrons. The first-order valence-corrected chi connectivity index (χ1v) is 6.97. The number of hydrogen-bond donors (Lipinski definition) is 2. The van der Waals surface area contributed by atoms with Gasteiger partial charge in [-0.05, 0) is 19.8 Å². The quantitative estimate of drug-likeness (QED) is 0.281. The number of nitrogens with zero attached hydrogens (tertiary/aromatic N) is 4. The number of aromatic nitrogens is 1. The molecule has 1 aliphatic carbocycles. The van der Waals surface area contributed by atoms with Gasteiger partial charge in [0, 0.05) is 30.4 Å². The molecule has 0 amide bonds. The zero-order chi connectivity index (χ0) is 15.4. The van der Waals surface area contributed by atoms with Crippen LogP contribution in [0.15, 0.2) is 17.4 Å². The number of nitrogens with two attached hydrogens (primary N) is 1. The molecule has 0 saturated heterocycles. The average Bonchev–Trinajstić information content (AvgIpc) is 3.01. The van der Waals surface area contributed by atoms with E-state index < -0.39 is 4.92 Å². The summed E-state index contributed by atoms with van der Waals surface area (Å²) in [4.78, 5) is 17.0. The molecule has 0 spiro atoms. The molecule has 1 aliphatic rings. The van der Waals surface area contributed by atoms with Crippen molar-refractivity contribution in [2.24, 2.45) is 10.9 Å². The van der Waals surface area contributed by atoms with Gasteiger partial charge in [-0.15, -0.1) is 0 Å². The largest absolute Gasteiger partial charge is 0.409 e.